The van der Waals surface area contributed by atoms with Gasteiger partial charge in [0.15, 0.2) is 0 Å². The maximum atomic E-state index is 11.7. The van der Waals surface area contributed by atoms with E-state index in [9.17, 15) is 14.7 Å². The van der Waals surface area contributed by atoms with Crippen molar-refractivity contribution in [1.82, 2.24) is 9.78 Å². The number of aryl methyl sites for hydroxylation is 1. The van der Waals surface area contributed by atoms with E-state index in [2.05, 4.69) is 25.9 Å². The van der Waals surface area contributed by atoms with Crippen molar-refractivity contribution >= 4 is 11.9 Å². The molecular weight excluding hydrogens is 294 g/mol. The number of benzene rings is 1. The van der Waals surface area contributed by atoms with Gasteiger partial charge < -0.3 is 10.8 Å². The summed E-state index contributed by atoms with van der Waals surface area (Å²) in [5.41, 5.74) is 8.08. The van der Waals surface area contributed by atoms with Crippen molar-refractivity contribution in [2.45, 2.75) is 39.5 Å². The second-order valence-corrected chi connectivity index (χ2v) is 5.78. The molecule has 1 aromatic heterocycles. The van der Waals surface area contributed by atoms with Gasteiger partial charge in [-0.25, -0.2) is 9.48 Å². The Morgan fingerprint density at radius 1 is 1.35 bits per heavy atom. The first-order chi connectivity index (χ1) is 10.9. The van der Waals surface area contributed by atoms with E-state index in [-0.39, 0.29) is 11.3 Å². The Balaban J connectivity index is 2.61. The predicted molar refractivity (Wildman–Crippen MR) is 87.1 cm³/mol. The summed E-state index contributed by atoms with van der Waals surface area (Å²) in [7, 11) is 0. The molecule has 2 rings (SSSR count). The van der Waals surface area contributed by atoms with Crippen molar-refractivity contribution in [3.8, 4) is 5.69 Å². The van der Waals surface area contributed by atoms with Gasteiger partial charge in [-0.2, -0.15) is 5.10 Å². The van der Waals surface area contributed by atoms with Crippen LogP contribution in [0.5, 0.6) is 0 Å². The van der Waals surface area contributed by atoms with Crippen LogP contribution in [0.25, 0.3) is 5.69 Å². The molecule has 122 valence electrons. The lowest BCUT2D eigenvalue weighted by molar-refractivity contribution is 0.0692. The summed E-state index contributed by atoms with van der Waals surface area (Å²) in [5.74, 6) is -1.73. The summed E-state index contributed by atoms with van der Waals surface area (Å²) in [5, 5.41) is 13.2. The second-order valence-electron chi connectivity index (χ2n) is 5.78. The molecule has 2 aromatic rings. The summed E-state index contributed by atoms with van der Waals surface area (Å²) in [6.07, 6.45) is 3.16. The van der Waals surface area contributed by atoms with Gasteiger partial charge in [0.1, 0.15) is 11.3 Å². The van der Waals surface area contributed by atoms with E-state index < -0.39 is 11.9 Å². The molecule has 0 aliphatic carbocycles. The molecule has 0 aliphatic rings. The smallest absolute Gasteiger partial charge is 0.339 e. The number of carbonyl (C=O) groups is 2. The van der Waals surface area contributed by atoms with Gasteiger partial charge >= 0.3 is 5.97 Å². The second kappa shape index (κ2) is 6.64. The molecule has 6 heteroatoms. The summed E-state index contributed by atoms with van der Waals surface area (Å²) in [6, 6.07) is 5.78. The highest BCUT2D eigenvalue weighted by Gasteiger charge is 2.22. The average Bonchev–Trinajstić information content (AvgIpc) is 2.93. The van der Waals surface area contributed by atoms with Crippen LogP contribution in [0.4, 0.5) is 0 Å². The Kier molecular flexibility index (Phi) is 4.83. The molecule has 0 saturated heterocycles. The summed E-state index contributed by atoms with van der Waals surface area (Å²) < 4.78 is 1.30. The summed E-state index contributed by atoms with van der Waals surface area (Å²) >= 11 is 0. The molecule has 1 aromatic carbocycles. The highest BCUT2D eigenvalue weighted by atomic mass is 16.4. The van der Waals surface area contributed by atoms with Crippen molar-refractivity contribution in [3.05, 3.63) is 46.8 Å². The van der Waals surface area contributed by atoms with Crippen molar-refractivity contribution < 1.29 is 14.7 Å². The van der Waals surface area contributed by atoms with Crippen molar-refractivity contribution in [3.63, 3.8) is 0 Å². The zero-order valence-corrected chi connectivity index (χ0v) is 13.5. The fraction of sp³-hybridized carbons (Fsp3) is 0.353. The van der Waals surface area contributed by atoms with E-state index in [1.54, 1.807) is 0 Å². The van der Waals surface area contributed by atoms with Crippen LogP contribution < -0.4 is 5.73 Å². The molecule has 0 saturated carbocycles. The number of hydrogen-bond donors (Lipinski definition) is 2. The highest BCUT2D eigenvalue weighted by Crippen LogP contribution is 2.25. The quantitative estimate of drug-likeness (QED) is 0.856. The van der Waals surface area contributed by atoms with Crippen LogP contribution in [-0.2, 0) is 6.42 Å². The van der Waals surface area contributed by atoms with Gasteiger partial charge in [0.05, 0.1) is 11.9 Å². The molecule has 0 spiro atoms. The minimum atomic E-state index is -1.23. The fourth-order valence-electron chi connectivity index (χ4n) is 2.69. The molecule has 0 fully saturated rings. The predicted octanol–water partition coefficient (Wildman–Crippen LogP) is 2.75. The van der Waals surface area contributed by atoms with E-state index in [1.165, 1.54) is 10.2 Å². The van der Waals surface area contributed by atoms with Crippen molar-refractivity contribution in [2.75, 3.05) is 0 Å². The van der Waals surface area contributed by atoms with Gasteiger partial charge in [-0.15, -0.1) is 0 Å². The number of carboxylic acid groups (broad SMARTS) is 1. The molecule has 3 N–H and O–H groups in total. The maximum Gasteiger partial charge on any atom is 0.339 e. The number of primary amides is 1. The lowest BCUT2D eigenvalue weighted by Crippen LogP contribution is -2.20. The van der Waals surface area contributed by atoms with E-state index in [1.807, 2.05) is 18.2 Å². The molecule has 0 radical (unpaired) electrons. The number of carbonyl (C=O) groups excluding carboxylic acids is 1. The number of aromatic carboxylic acids is 1. The maximum absolute atomic E-state index is 11.7. The Morgan fingerprint density at radius 3 is 2.57 bits per heavy atom. The number of amides is 1. The summed E-state index contributed by atoms with van der Waals surface area (Å²) in [4.78, 5) is 22.9. The topological polar surface area (TPSA) is 98.2 Å². The third-order valence-corrected chi connectivity index (χ3v) is 3.75. The fourth-order valence-corrected chi connectivity index (χ4v) is 2.69. The molecule has 1 amide bonds. The standard InChI is InChI=1S/C17H21N3O3/c1-4-5-11-6-7-12(8-13(11)10(2)3)20-15(16(18)21)14(9-19-20)17(22)23/h6-10H,4-5H2,1-3H3,(H2,18,21)(H,22,23). The molecule has 1 heterocycles. The Labute approximate surface area is 134 Å². The first-order valence-corrected chi connectivity index (χ1v) is 7.61. The largest absolute Gasteiger partial charge is 0.478 e. The summed E-state index contributed by atoms with van der Waals surface area (Å²) in [6.45, 7) is 6.31. The first-order valence-electron chi connectivity index (χ1n) is 7.61. The van der Waals surface area contributed by atoms with Crippen LogP contribution in [0.3, 0.4) is 0 Å². The van der Waals surface area contributed by atoms with Gasteiger partial charge in [-0.3, -0.25) is 4.79 Å². The van der Waals surface area contributed by atoms with Gasteiger partial charge in [0, 0.05) is 0 Å². The zero-order chi connectivity index (χ0) is 17.1. The number of aromatic nitrogens is 2. The first kappa shape index (κ1) is 16.7. The Bertz CT molecular complexity index is 748. The zero-order valence-electron chi connectivity index (χ0n) is 13.5. The van der Waals surface area contributed by atoms with Crippen LogP contribution in [0.1, 0.15) is 65.1 Å². The van der Waals surface area contributed by atoms with Gasteiger partial charge in [0.25, 0.3) is 5.91 Å². The van der Waals surface area contributed by atoms with Crippen molar-refractivity contribution in [2.24, 2.45) is 5.73 Å². The molecule has 0 unspecified atom stereocenters. The van der Waals surface area contributed by atoms with Crippen LogP contribution in [-0.4, -0.2) is 26.8 Å². The van der Waals surface area contributed by atoms with E-state index in [4.69, 9.17) is 5.73 Å². The molecule has 0 aliphatic heterocycles. The third-order valence-electron chi connectivity index (χ3n) is 3.75. The van der Waals surface area contributed by atoms with Gasteiger partial charge in [-0.1, -0.05) is 33.3 Å². The third kappa shape index (κ3) is 3.26. The van der Waals surface area contributed by atoms with E-state index in [0.29, 0.717) is 11.6 Å². The number of rotatable bonds is 6. The molecular formula is C17H21N3O3. The van der Waals surface area contributed by atoms with Crippen LogP contribution in [0.15, 0.2) is 24.4 Å². The van der Waals surface area contributed by atoms with Crippen LogP contribution in [0.2, 0.25) is 0 Å². The lowest BCUT2D eigenvalue weighted by atomic mass is 9.94. The van der Waals surface area contributed by atoms with E-state index in [0.717, 1.165) is 24.6 Å². The molecule has 0 bridgehead atoms. The number of carboxylic acids is 1. The number of hydrogen-bond acceptors (Lipinski definition) is 3. The molecule has 0 atom stereocenters. The monoisotopic (exact) mass is 315 g/mol. The van der Waals surface area contributed by atoms with Crippen LogP contribution in [0, 0.1) is 0 Å². The van der Waals surface area contributed by atoms with Crippen molar-refractivity contribution in [1.29, 1.82) is 0 Å². The minimum absolute atomic E-state index is 0.115. The molecule has 6 nitrogen and oxygen atoms in total. The van der Waals surface area contributed by atoms with E-state index >= 15 is 0 Å². The minimum Gasteiger partial charge on any atom is -0.478 e. The number of nitrogens with two attached hydrogens (primary N) is 1. The van der Waals surface area contributed by atoms with Crippen LogP contribution >= 0.6 is 0 Å². The highest BCUT2D eigenvalue weighted by molar-refractivity contribution is 6.03. The number of nitrogens with zero attached hydrogens (tertiary/aromatic N) is 2. The normalized spacial score (nSPS) is 11.0. The molecule has 23 heavy (non-hydrogen) atoms. The SMILES string of the molecule is CCCc1ccc(-n2ncc(C(=O)O)c2C(N)=O)cc1C(C)C. The Morgan fingerprint density at radius 2 is 2.04 bits per heavy atom. The van der Waals surface area contributed by atoms with Gasteiger partial charge in [-0.05, 0) is 35.6 Å². The average molecular weight is 315 g/mol. The lowest BCUT2D eigenvalue weighted by Gasteiger charge is -2.15. The van der Waals surface area contributed by atoms with Gasteiger partial charge in [0.2, 0.25) is 0 Å². The Hall–Kier alpha value is -2.63.